The first-order valence-corrected chi connectivity index (χ1v) is 15.6. The lowest BCUT2D eigenvalue weighted by atomic mass is 10.1. The van der Waals surface area contributed by atoms with Crippen LogP contribution in [0.1, 0.15) is 22.3 Å². The molecule has 2 atom stereocenters. The standard InChI is InChI=1S/C30H40N4O6.Al.FH/c1-31(2)26-9-4-24(5-10-26)6-13-28(35)25-7-11-27(12-8-25)40-21-3-14-32-15-17-33(22-29(36)37)19-20-34(18-16-32)23-30(38)39;;/h4-13H,3,14-23H2,1-2H3,(H,36,37)(H,38,39);;1H/q;+3;/p-3/b13-6+;;. The maximum atomic E-state index is 13.8. The zero-order chi connectivity index (χ0) is 29.9. The van der Waals surface area contributed by atoms with Gasteiger partial charge in [-0.3, -0.25) is 24.2 Å². The molecule has 2 fully saturated rings. The van der Waals surface area contributed by atoms with Gasteiger partial charge in [-0.2, -0.15) is 0 Å². The molecule has 4 rings (SSSR count). The van der Waals surface area contributed by atoms with Gasteiger partial charge in [0.15, 0.2) is 5.78 Å². The summed E-state index contributed by atoms with van der Waals surface area (Å²) in [5.74, 6) is -0.784. The Labute approximate surface area is 251 Å². The molecule has 0 spiro atoms. The van der Waals surface area contributed by atoms with E-state index in [0.717, 1.165) is 37.3 Å². The third kappa shape index (κ3) is 10.2. The van der Waals surface area contributed by atoms with Crippen molar-refractivity contribution in [2.24, 2.45) is 0 Å². The van der Waals surface area contributed by atoms with Crippen molar-refractivity contribution in [3.8, 4) is 5.75 Å². The Kier molecular flexibility index (Phi) is 11.9. The lowest BCUT2D eigenvalue weighted by Crippen LogP contribution is -2.40. The van der Waals surface area contributed by atoms with Crippen molar-refractivity contribution in [1.29, 1.82) is 0 Å². The monoisotopic (exact) mass is 596 g/mol. The highest BCUT2D eigenvalue weighted by atomic mass is 27.3. The number of halogens is 1. The fourth-order valence-corrected chi connectivity index (χ4v) is 5.35. The molecule has 2 unspecified atom stereocenters. The molecule has 0 N–H and O–H groups in total. The minimum absolute atomic E-state index is 0.0338. The summed E-state index contributed by atoms with van der Waals surface area (Å²) in [6, 6.07) is 15.1. The van der Waals surface area contributed by atoms with Crippen molar-refractivity contribution in [3.05, 3.63) is 65.7 Å². The van der Waals surface area contributed by atoms with E-state index in [2.05, 4.69) is 4.90 Å². The van der Waals surface area contributed by atoms with Crippen molar-refractivity contribution in [3.63, 3.8) is 0 Å². The van der Waals surface area contributed by atoms with Crippen LogP contribution in [0, 0.1) is 0 Å². The van der Waals surface area contributed by atoms with E-state index in [1.807, 2.05) is 59.1 Å². The van der Waals surface area contributed by atoms with E-state index in [9.17, 15) is 17.9 Å². The SMILES string of the molecule is CN(C)c1ccc(/C=C/C(=O)c2ccc(OCCCN3CCN4CCN(CC3)CC(=O)[O][Al]([F])[O]C(=O)C4)cc2)cc1. The molecule has 2 saturated heterocycles. The summed E-state index contributed by atoms with van der Waals surface area (Å²) < 4.78 is 29.2. The number of carbonyl (C=O) groups is 3. The average molecular weight is 597 g/mol. The number of ether oxygens (including phenoxy) is 1. The lowest BCUT2D eigenvalue weighted by Gasteiger charge is -2.25. The first-order chi connectivity index (χ1) is 20.2. The Bertz CT molecular complexity index is 1200. The van der Waals surface area contributed by atoms with E-state index in [-0.39, 0.29) is 18.9 Å². The van der Waals surface area contributed by atoms with Gasteiger partial charge in [0, 0.05) is 71.2 Å². The quantitative estimate of drug-likeness (QED) is 0.186. The van der Waals surface area contributed by atoms with Gasteiger partial charge in [0.2, 0.25) is 0 Å². The fraction of sp³-hybridized carbons (Fsp3) is 0.433. The van der Waals surface area contributed by atoms with Gasteiger partial charge in [0.1, 0.15) is 5.75 Å². The normalized spacial score (nSPS) is 20.6. The van der Waals surface area contributed by atoms with E-state index in [1.165, 1.54) is 0 Å². The van der Waals surface area contributed by atoms with Gasteiger partial charge in [-0.15, -0.1) is 0 Å². The summed E-state index contributed by atoms with van der Waals surface area (Å²) in [6.45, 7) is 5.07. The molecule has 42 heavy (non-hydrogen) atoms. The number of benzene rings is 2. The number of fused-ring (bicyclic) bond motifs is 3. The molecule has 12 heteroatoms. The molecule has 0 aromatic heterocycles. The molecule has 2 aromatic rings. The van der Waals surface area contributed by atoms with Crippen LogP contribution in [0.2, 0.25) is 0 Å². The second-order valence-electron chi connectivity index (χ2n) is 10.6. The number of hydrogen-bond acceptors (Lipinski definition) is 10. The third-order valence-corrected chi connectivity index (χ3v) is 8.11. The Morgan fingerprint density at radius 3 is 2.05 bits per heavy atom. The molecular formula is C30H38AlFN4O6. The third-order valence-electron chi connectivity index (χ3n) is 7.21. The minimum atomic E-state index is -3.80. The van der Waals surface area contributed by atoms with Gasteiger partial charge in [0.25, 0.3) is 11.9 Å². The fourth-order valence-electron chi connectivity index (χ4n) is 4.74. The molecule has 2 bridgehead atoms. The van der Waals surface area contributed by atoms with Crippen molar-refractivity contribution >= 4 is 44.8 Å². The van der Waals surface area contributed by atoms with E-state index < -0.39 is 27.2 Å². The van der Waals surface area contributed by atoms with E-state index >= 15 is 0 Å². The number of carbonyl (C=O) groups excluding carboxylic acids is 3. The number of hydrogen-bond donors (Lipinski definition) is 0. The smallest absolute Gasteiger partial charge is 0.558 e. The Morgan fingerprint density at radius 1 is 0.905 bits per heavy atom. The molecule has 0 aliphatic carbocycles. The van der Waals surface area contributed by atoms with Gasteiger partial charge in [0.05, 0.1) is 19.7 Å². The molecule has 10 nitrogen and oxygen atoms in total. The number of anilines is 1. The largest absolute Gasteiger partial charge is 1.15 e. The summed E-state index contributed by atoms with van der Waals surface area (Å²) in [4.78, 5) is 44.9. The molecule has 224 valence electrons. The summed E-state index contributed by atoms with van der Waals surface area (Å²) in [5, 5.41) is 0. The predicted octanol–water partition coefficient (Wildman–Crippen LogP) is 2.39. The van der Waals surface area contributed by atoms with Crippen molar-refractivity contribution < 1.29 is 30.2 Å². The van der Waals surface area contributed by atoms with Crippen LogP contribution in [0.3, 0.4) is 0 Å². The minimum Gasteiger partial charge on any atom is -0.558 e. The second kappa shape index (κ2) is 15.8. The van der Waals surface area contributed by atoms with Crippen LogP contribution in [-0.2, 0) is 17.2 Å². The molecule has 0 saturated carbocycles. The topological polar surface area (TPSA) is 91.9 Å². The van der Waals surface area contributed by atoms with Crippen LogP contribution in [0.25, 0.3) is 6.08 Å². The van der Waals surface area contributed by atoms with Gasteiger partial charge in [-0.05, 0) is 54.5 Å². The van der Waals surface area contributed by atoms with Gasteiger partial charge in [-0.25, -0.2) is 0 Å². The van der Waals surface area contributed by atoms with Crippen LogP contribution in [0.4, 0.5) is 9.21 Å². The summed E-state index contributed by atoms with van der Waals surface area (Å²) in [5.41, 5.74) is 2.65. The van der Waals surface area contributed by atoms with Crippen LogP contribution >= 0.6 is 0 Å². The Hall–Kier alpha value is -3.27. The highest BCUT2D eigenvalue weighted by molar-refractivity contribution is 6.41. The number of rotatable bonds is 9. The molecule has 0 amide bonds. The van der Waals surface area contributed by atoms with Gasteiger partial charge < -0.3 is 25.6 Å². The maximum absolute atomic E-state index is 13.8. The van der Waals surface area contributed by atoms with Crippen LogP contribution in [0.15, 0.2) is 54.6 Å². The van der Waals surface area contributed by atoms with E-state index in [4.69, 9.17) is 12.3 Å². The number of allylic oxidation sites excluding steroid dienone is 1. The van der Waals surface area contributed by atoms with Crippen molar-refractivity contribution in [2.75, 3.05) is 84.5 Å². The summed E-state index contributed by atoms with van der Waals surface area (Å²) in [6.07, 6.45) is 4.16. The Balaban J connectivity index is 1.23. The molecular weight excluding hydrogens is 558 g/mol. The highest BCUT2D eigenvalue weighted by Gasteiger charge is 2.42. The lowest BCUT2D eigenvalue weighted by molar-refractivity contribution is -0.142. The maximum Gasteiger partial charge on any atom is 1.15 e. The van der Waals surface area contributed by atoms with Crippen LogP contribution in [-0.4, -0.2) is 127 Å². The predicted molar refractivity (Wildman–Crippen MR) is 159 cm³/mol. The van der Waals surface area contributed by atoms with Crippen LogP contribution in [0.5, 0.6) is 5.75 Å². The second-order valence-corrected chi connectivity index (χ2v) is 11.6. The first-order valence-electron chi connectivity index (χ1n) is 14.2. The zero-order valence-corrected chi connectivity index (χ0v) is 25.4. The van der Waals surface area contributed by atoms with Crippen molar-refractivity contribution in [2.45, 2.75) is 6.42 Å². The van der Waals surface area contributed by atoms with Gasteiger partial charge >= 0.3 is 15.3 Å². The van der Waals surface area contributed by atoms with Gasteiger partial charge in [-0.1, -0.05) is 18.2 Å². The van der Waals surface area contributed by atoms with Crippen LogP contribution < -0.4 is 9.64 Å². The molecule has 2 aliphatic rings. The summed E-state index contributed by atoms with van der Waals surface area (Å²) >= 11 is -3.80. The molecule has 2 heterocycles. The highest BCUT2D eigenvalue weighted by Crippen LogP contribution is 2.16. The Morgan fingerprint density at radius 2 is 1.48 bits per heavy atom. The summed E-state index contributed by atoms with van der Waals surface area (Å²) in [7, 11) is 3.97. The zero-order valence-electron chi connectivity index (χ0n) is 24.2. The average Bonchev–Trinajstić information content (AvgIpc) is 3.04. The van der Waals surface area contributed by atoms with E-state index in [0.29, 0.717) is 44.1 Å². The molecule has 2 aromatic carbocycles. The number of nitrogens with zero attached hydrogens (tertiary/aromatic N) is 4. The molecule has 2 aliphatic heterocycles. The first kappa shape index (κ1) is 31.7. The molecule has 0 radical (unpaired) electrons. The van der Waals surface area contributed by atoms with E-state index in [1.54, 1.807) is 30.3 Å². The van der Waals surface area contributed by atoms with Crippen molar-refractivity contribution in [1.82, 2.24) is 14.7 Å². The number of ketones is 1.